The van der Waals surface area contributed by atoms with E-state index >= 15 is 0 Å². The minimum Gasteiger partial charge on any atom is -0.309 e. The average Bonchev–Trinajstić information content (AvgIpc) is 4.26. The molecule has 5 heterocycles. The highest BCUT2D eigenvalue weighted by atomic mass is 15.1. The van der Waals surface area contributed by atoms with Crippen molar-refractivity contribution in [2.45, 2.75) is 0 Å². The van der Waals surface area contributed by atoms with E-state index in [4.69, 9.17) is 15.0 Å². The SMILES string of the molecule is c1ccc(-c2nc(-c3ccccc3)nc(-c3cccc4c5c(ccc6c7ccccc7n(-c7ccccc7)c65)n(-c5ccc6c(c5)c5c(ccc7c8ccccc8n(-c8ccccc8)c75)n6-c5ccccc5)c34)n2)cc1. The molecule has 0 radical (unpaired) electrons. The van der Waals surface area contributed by atoms with Crippen molar-refractivity contribution < 1.29 is 0 Å². The summed E-state index contributed by atoms with van der Waals surface area (Å²) in [6.07, 6.45) is 0. The van der Waals surface area contributed by atoms with Gasteiger partial charge in [-0.05, 0) is 84.9 Å². The van der Waals surface area contributed by atoms with Crippen LogP contribution in [0.5, 0.6) is 0 Å². The van der Waals surface area contributed by atoms with Crippen LogP contribution in [0.15, 0.2) is 261 Å². The van der Waals surface area contributed by atoms with Crippen LogP contribution in [0.3, 0.4) is 0 Å². The molecule has 0 amide bonds. The number of para-hydroxylation sites is 6. The average molecular weight is 970 g/mol. The van der Waals surface area contributed by atoms with Crippen molar-refractivity contribution >= 4 is 87.2 Å². The summed E-state index contributed by atoms with van der Waals surface area (Å²) < 4.78 is 9.81. The van der Waals surface area contributed by atoms with Gasteiger partial charge in [0.25, 0.3) is 0 Å². The Kier molecular flexibility index (Phi) is 9.20. The van der Waals surface area contributed by atoms with Gasteiger partial charge < -0.3 is 18.3 Å². The van der Waals surface area contributed by atoms with Gasteiger partial charge in [0.2, 0.25) is 0 Å². The molecule has 7 heteroatoms. The topological polar surface area (TPSA) is 58.4 Å². The molecule has 0 N–H and O–H groups in total. The lowest BCUT2D eigenvalue weighted by molar-refractivity contribution is 1.07. The molecular formula is C69H43N7. The van der Waals surface area contributed by atoms with E-state index in [1.165, 1.54) is 38.0 Å². The van der Waals surface area contributed by atoms with Crippen LogP contribution in [-0.4, -0.2) is 33.2 Å². The molecule has 354 valence electrons. The molecule has 0 bridgehead atoms. The molecule has 0 atom stereocenters. The lowest BCUT2D eigenvalue weighted by atomic mass is 10.1. The zero-order valence-corrected chi connectivity index (χ0v) is 41.0. The van der Waals surface area contributed by atoms with E-state index in [0.29, 0.717) is 17.5 Å². The van der Waals surface area contributed by atoms with E-state index < -0.39 is 0 Å². The molecule has 76 heavy (non-hydrogen) atoms. The van der Waals surface area contributed by atoms with Gasteiger partial charge in [-0.15, -0.1) is 0 Å². The molecule has 0 aliphatic rings. The summed E-state index contributed by atoms with van der Waals surface area (Å²) in [6, 6.07) is 93.3. The van der Waals surface area contributed by atoms with Crippen molar-refractivity contribution in [3.05, 3.63) is 261 Å². The fourth-order valence-electron chi connectivity index (χ4n) is 12.2. The molecule has 16 aromatic rings. The summed E-state index contributed by atoms with van der Waals surface area (Å²) in [5.41, 5.74) is 16.1. The zero-order chi connectivity index (χ0) is 49.8. The molecule has 0 spiro atoms. The van der Waals surface area contributed by atoms with Gasteiger partial charge in [-0.2, -0.15) is 0 Å². The third-order valence-corrected chi connectivity index (χ3v) is 15.4. The van der Waals surface area contributed by atoms with Crippen molar-refractivity contribution in [3.8, 4) is 56.9 Å². The van der Waals surface area contributed by atoms with Crippen molar-refractivity contribution in [1.29, 1.82) is 0 Å². The first kappa shape index (κ1) is 42.2. The van der Waals surface area contributed by atoms with E-state index in [2.05, 4.69) is 243 Å². The summed E-state index contributed by atoms with van der Waals surface area (Å²) in [5, 5.41) is 9.38. The number of aromatic nitrogens is 7. The Bertz CT molecular complexity index is 4900. The standard InChI is InChI=1S/C69H43N7/c1-6-21-44(22-7-1)67-70-68(45-23-8-2-9-24-45)72-69(71-67)55-34-20-33-54-62-61(42-39-52-50-31-16-18-35-57(50)74(65(52)62)47-27-12-4-13-28-47)76(64(54)55)49-37-40-59-56(43-49)63-60(73(59)46-25-10-3-11-26-46)41-38-53-51-32-17-19-36-58(51)75(66(53)63)48-29-14-5-15-30-48/h1-43H. The second kappa shape index (κ2) is 16.6. The summed E-state index contributed by atoms with van der Waals surface area (Å²) in [6.45, 7) is 0. The van der Waals surface area contributed by atoms with Crippen molar-refractivity contribution in [2.75, 3.05) is 0 Å². The Morgan fingerprint density at radius 3 is 1.16 bits per heavy atom. The highest BCUT2D eigenvalue weighted by molar-refractivity contribution is 6.29. The Morgan fingerprint density at radius 1 is 0.224 bits per heavy atom. The largest absolute Gasteiger partial charge is 0.309 e. The molecule has 0 aliphatic carbocycles. The predicted octanol–water partition coefficient (Wildman–Crippen LogP) is 17.3. The second-order valence-corrected chi connectivity index (χ2v) is 19.5. The molecule has 0 unspecified atom stereocenters. The second-order valence-electron chi connectivity index (χ2n) is 19.5. The van der Waals surface area contributed by atoms with Gasteiger partial charge in [-0.1, -0.05) is 176 Å². The molecule has 0 saturated heterocycles. The maximum absolute atomic E-state index is 5.39. The van der Waals surface area contributed by atoms with Gasteiger partial charge in [-0.25, -0.2) is 15.0 Å². The first-order valence-electron chi connectivity index (χ1n) is 25.8. The third-order valence-electron chi connectivity index (χ3n) is 15.4. The quantitative estimate of drug-likeness (QED) is 0.160. The fraction of sp³-hybridized carbons (Fsp3) is 0. The minimum absolute atomic E-state index is 0.595. The van der Waals surface area contributed by atoms with Crippen LogP contribution in [-0.2, 0) is 0 Å². The number of hydrogen-bond donors (Lipinski definition) is 0. The summed E-state index contributed by atoms with van der Waals surface area (Å²) in [7, 11) is 0. The van der Waals surface area contributed by atoms with Crippen molar-refractivity contribution in [1.82, 2.24) is 33.2 Å². The van der Waals surface area contributed by atoms with E-state index in [1.54, 1.807) is 0 Å². The monoisotopic (exact) mass is 969 g/mol. The molecule has 16 rings (SSSR count). The molecule has 5 aromatic heterocycles. The van der Waals surface area contributed by atoms with Crippen LogP contribution in [0.4, 0.5) is 0 Å². The predicted molar refractivity (Wildman–Crippen MR) is 313 cm³/mol. The first-order valence-corrected chi connectivity index (χ1v) is 25.8. The smallest absolute Gasteiger partial charge is 0.166 e. The maximum atomic E-state index is 5.39. The molecular weight excluding hydrogens is 927 g/mol. The highest BCUT2D eigenvalue weighted by Gasteiger charge is 2.26. The number of fused-ring (bicyclic) bond motifs is 14. The first-order chi connectivity index (χ1) is 37.7. The number of hydrogen-bond acceptors (Lipinski definition) is 3. The number of rotatable bonds is 7. The lowest BCUT2D eigenvalue weighted by Crippen LogP contribution is -2.02. The van der Waals surface area contributed by atoms with Gasteiger partial charge in [0.05, 0.1) is 44.1 Å². The van der Waals surface area contributed by atoms with Crippen LogP contribution >= 0.6 is 0 Å². The van der Waals surface area contributed by atoms with Crippen LogP contribution in [0.2, 0.25) is 0 Å². The van der Waals surface area contributed by atoms with Gasteiger partial charge in [0.1, 0.15) is 0 Å². The third kappa shape index (κ3) is 6.20. The van der Waals surface area contributed by atoms with Crippen LogP contribution < -0.4 is 0 Å². The Balaban J connectivity index is 1.08. The van der Waals surface area contributed by atoms with Crippen LogP contribution in [0.1, 0.15) is 0 Å². The minimum atomic E-state index is 0.595. The van der Waals surface area contributed by atoms with Gasteiger partial charge in [0, 0.05) is 82.5 Å². The van der Waals surface area contributed by atoms with Gasteiger partial charge >= 0.3 is 0 Å². The maximum Gasteiger partial charge on any atom is 0.166 e. The summed E-state index contributed by atoms with van der Waals surface area (Å²) in [5.74, 6) is 1.82. The van der Waals surface area contributed by atoms with Crippen molar-refractivity contribution in [3.63, 3.8) is 0 Å². The van der Waals surface area contributed by atoms with Crippen molar-refractivity contribution in [2.24, 2.45) is 0 Å². The van der Waals surface area contributed by atoms with E-state index in [-0.39, 0.29) is 0 Å². The lowest BCUT2D eigenvalue weighted by Gasteiger charge is -2.13. The summed E-state index contributed by atoms with van der Waals surface area (Å²) in [4.78, 5) is 15.9. The molecule has 0 aliphatic heterocycles. The number of benzene rings is 11. The normalized spacial score (nSPS) is 11.9. The molecule has 7 nitrogen and oxygen atoms in total. The van der Waals surface area contributed by atoms with E-state index in [1.807, 2.05) is 36.4 Å². The fourth-order valence-corrected chi connectivity index (χ4v) is 12.2. The van der Waals surface area contributed by atoms with E-state index in [0.717, 1.165) is 88.7 Å². The van der Waals surface area contributed by atoms with Crippen LogP contribution in [0, 0.1) is 0 Å². The number of nitrogens with zero attached hydrogens (tertiary/aromatic N) is 7. The zero-order valence-electron chi connectivity index (χ0n) is 41.0. The van der Waals surface area contributed by atoms with Crippen LogP contribution in [0.25, 0.3) is 144 Å². The van der Waals surface area contributed by atoms with Gasteiger partial charge in [-0.3, -0.25) is 0 Å². The Hall–Kier alpha value is -10.4. The Morgan fingerprint density at radius 2 is 0.618 bits per heavy atom. The molecule has 0 fully saturated rings. The highest BCUT2D eigenvalue weighted by Crippen LogP contribution is 2.47. The van der Waals surface area contributed by atoms with Gasteiger partial charge in [0.15, 0.2) is 17.5 Å². The molecule has 0 saturated carbocycles. The summed E-state index contributed by atoms with van der Waals surface area (Å²) >= 11 is 0. The Labute approximate surface area is 436 Å². The molecule has 11 aromatic carbocycles. The van der Waals surface area contributed by atoms with E-state index in [9.17, 15) is 0 Å².